The van der Waals surface area contributed by atoms with Crippen molar-refractivity contribution in [2.24, 2.45) is 5.73 Å². The van der Waals surface area contributed by atoms with Crippen molar-refractivity contribution in [3.8, 4) is 0 Å². The zero-order chi connectivity index (χ0) is 12.1. The number of hydrogen-bond donors (Lipinski definition) is 1. The fourth-order valence-electron chi connectivity index (χ4n) is 2.26. The number of likely N-dealkylation sites (tertiary alicyclic amines) is 1. The van der Waals surface area contributed by atoms with Gasteiger partial charge in [0.2, 0.25) is 5.91 Å². The monoisotopic (exact) mass is 232 g/mol. The van der Waals surface area contributed by atoms with E-state index >= 15 is 0 Å². The lowest BCUT2D eigenvalue weighted by Crippen LogP contribution is -2.42. The normalized spacial score (nSPS) is 17.1. The molecule has 3 nitrogen and oxygen atoms in total. The molecule has 2 rings (SSSR count). The lowest BCUT2D eigenvalue weighted by atomic mass is 10.1. The molecule has 3 heteroatoms. The number of carbonyl (C=O) groups is 1. The van der Waals surface area contributed by atoms with Gasteiger partial charge in [-0.2, -0.15) is 0 Å². The first-order valence-electron chi connectivity index (χ1n) is 6.35. The number of amides is 1. The molecule has 92 valence electrons. The molecule has 0 aromatic heterocycles. The predicted molar refractivity (Wildman–Crippen MR) is 68.6 cm³/mol. The quantitative estimate of drug-likeness (QED) is 0.856. The van der Waals surface area contributed by atoms with Crippen molar-refractivity contribution in [2.45, 2.75) is 31.7 Å². The van der Waals surface area contributed by atoms with Gasteiger partial charge in [0.05, 0.1) is 6.04 Å². The van der Waals surface area contributed by atoms with Gasteiger partial charge in [-0.1, -0.05) is 30.3 Å². The second kappa shape index (κ2) is 5.82. The average molecular weight is 232 g/mol. The first-order valence-corrected chi connectivity index (χ1v) is 6.35. The molecule has 1 heterocycles. The maximum atomic E-state index is 12.0. The van der Waals surface area contributed by atoms with Crippen molar-refractivity contribution in [2.75, 3.05) is 13.1 Å². The van der Waals surface area contributed by atoms with Crippen LogP contribution in [0.4, 0.5) is 0 Å². The summed E-state index contributed by atoms with van der Waals surface area (Å²) in [6.45, 7) is 1.77. The summed E-state index contributed by atoms with van der Waals surface area (Å²) >= 11 is 0. The maximum absolute atomic E-state index is 12.0. The Kier molecular flexibility index (Phi) is 4.15. The molecule has 1 saturated heterocycles. The summed E-state index contributed by atoms with van der Waals surface area (Å²) < 4.78 is 0. The Morgan fingerprint density at radius 1 is 1.24 bits per heavy atom. The van der Waals surface area contributed by atoms with Crippen LogP contribution in [0.15, 0.2) is 30.3 Å². The highest BCUT2D eigenvalue weighted by Crippen LogP contribution is 2.11. The third kappa shape index (κ3) is 3.30. The van der Waals surface area contributed by atoms with Crippen LogP contribution in [0.5, 0.6) is 0 Å². The molecular weight excluding hydrogens is 212 g/mol. The topological polar surface area (TPSA) is 46.3 Å². The van der Waals surface area contributed by atoms with Crippen LogP contribution in [0, 0.1) is 0 Å². The number of nitrogens with zero attached hydrogens (tertiary/aromatic N) is 1. The van der Waals surface area contributed by atoms with E-state index in [0.717, 1.165) is 38.8 Å². The Morgan fingerprint density at radius 2 is 1.88 bits per heavy atom. The molecular formula is C14H20N2O. The van der Waals surface area contributed by atoms with Gasteiger partial charge in [-0.05, 0) is 31.2 Å². The van der Waals surface area contributed by atoms with E-state index in [1.54, 1.807) is 0 Å². The number of aryl methyl sites for hydroxylation is 1. The van der Waals surface area contributed by atoms with E-state index in [2.05, 4.69) is 12.1 Å². The van der Waals surface area contributed by atoms with Crippen molar-refractivity contribution < 1.29 is 4.79 Å². The minimum atomic E-state index is -0.340. The first kappa shape index (κ1) is 12.1. The molecule has 17 heavy (non-hydrogen) atoms. The molecule has 0 saturated carbocycles. The summed E-state index contributed by atoms with van der Waals surface area (Å²) in [6.07, 6.45) is 3.86. The summed E-state index contributed by atoms with van der Waals surface area (Å²) in [4.78, 5) is 13.9. The fraction of sp³-hybridized carbons (Fsp3) is 0.500. The van der Waals surface area contributed by atoms with Crippen LogP contribution >= 0.6 is 0 Å². The summed E-state index contributed by atoms with van der Waals surface area (Å²) in [5, 5.41) is 0. The number of benzene rings is 1. The van der Waals surface area contributed by atoms with E-state index in [0.29, 0.717) is 0 Å². The number of hydrogen-bond acceptors (Lipinski definition) is 2. The number of carbonyl (C=O) groups excluding carboxylic acids is 1. The Balaban J connectivity index is 1.80. The molecule has 1 unspecified atom stereocenters. The molecule has 0 radical (unpaired) electrons. The predicted octanol–water partition coefficient (Wildman–Crippen LogP) is 1.57. The van der Waals surface area contributed by atoms with Gasteiger partial charge in [0.1, 0.15) is 0 Å². The van der Waals surface area contributed by atoms with Crippen LogP contribution in [0.25, 0.3) is 0 Å². The van der Waals surface area contributed by atoms with Crippen molar-refractivity contribution in [1.29, 1.82) is 0 Å². The van der Waals surface area contributed by atoms with Gasteiger partial charge in [0.25, 0.3) is 0 Å². The van der Waals surface area contributed by atoms with Crippen LogP contribution in [0.1, 0.15) is 24.8 Å². The molecule has 1 aliphatic heterocycles. The average Bonchev–Trinajstić information content (AvgIpc) is 2.90. The van der Waals surface area contributed by atoms with Crippen molar-refractivity contribution in [3.63, 3.8) is 0 Å². The molecule has 1 aliphatic rings. The molecule has 1 aromatic rings. The van der Waals surface area contributed by atoms with E-state index in [1.165, 1.54) is 5.56 Å². The van der Waals surface area contributed by atoms with Crippen LogP contribution in [0.3, 0.4) is 0 Å². The highest BCUT2D eigenvalue weighted by molar-refractivity contribution is 5.81. The van der Waals surface area contributed by atoms with Gasteiger partial charge in [-0.15, -0.1) is 0 Å². The SMILES string of the molecule is NC(CCc1ccccc1)C(=O)N1CCCC1. The standard InChI is InChI=1S/C14H20N2O/c15-13(14(17)16-10-4-5-11-16)9-8-12-6-2-1-3-7-12/h1-3,6-7,13H,4-5,8-11,15H2. The summed E-state index contributed by atoms with van der Waals surface area (Å²) in [5.41, 5.74) is 7.20. The lowest BCUT2D eigenvalue weighted by molar-refractivity contribution is -0.131. The Labute approximate surface area is 103 Å². The van der Waals surface area contributed by atoms with Gasteiger partial charge >= 0.3 is 0 Å². The molecule has 0 bridgehead atoms. The minimum Gasteiger partial charge on any atom is -0.341 e. The molecule has 1 atom stereocenters. The Morgan fingerprint density at radius 3 is 2.53 bits per heavy atom. The largest absolute Gasteiger partial charge is 0.341 e. The van der Waals surface area contributed by atoms with Crippen LogP contribution in [0.2, 0.25) is 0 Å². The van der Waals surface area contributed by atoms with Crippen molar-refractivity contribution in [3.05, 3.63) is 35.9 Å². The van der Waals surface area contributed by atoms with Gasteiger partial charge in [0.15, 0.2) is 0 Å². The maximum Gasteiger partial charge on any atom is 0.239 e. The third-order valence-electron chi connectivity index (χ3n) is 3.32. The lowest BCUT2D eigenvalue weighted by Gasteiger charge is -2.20. The summed E-state index contributed by atoms with van der Waals surface area (Å²) in [7, 11) is 0. The molecule has 2 N–H and O–H groups in total. The van der Waals surface area contributed by atoms with E-state index in [-0.39, 0.29) is 11.9 Å². The van der Waals surface area contributed by atoms with E-state index in [4.69, 9.17) is 5.73 Å². The van der Waals surface area contributed by atoms with Gasteiger partial charge < -0.3 is 10.6 Å². The molecule has 1 amide bonds. The second-order valence-electron chi connectivity index (χ2n) is 4.66. The third-order valence-corrected chi connectivity index (χ3v) is 3.32. The van der Waals surface area contributed by atoms with Crippen LogP contribution in [-0.2, 0) is 11.2 Å². The fourth-order valence-corrected chi connectivity index (χ4v) is 2.26. The van der Waals surface area contributed by atoms with Gasteiger partial charge in [-0.3, -0.25) is 4.79 Å². The molecule has 1 aromatic carbocycles. The zero-order valence-corrected chi connectivity index (χ0v) is 10.1. The van der Waals surface area contributed by atoms with Crippen LogP contribution < -0.4 is 5.73 Å². The zero-order valence-electron chi connectivity index (χ0n) is 10.1. The minimum absolute atomic E-state index is 0.124. The second-order valence-corrected chi connectivity index (χ2v) is 4.66. The van der Waals surface area contributed by atoms with E-state index in [1.807, 2.05) is 23.1 Å². The smallest absolute Gasteiger partial charge is 0.239 e. The van der Waals surface area contributed by atoms with Gasteiger partial charge in [-0.25, -0.2) is 0 Å². The first-order chi connectivity index (χ1) is 8.27. The van der Waals surface area contributed by atoms with Crippen LogP contribution in [-0.4, -0.2) is 29.9 Å². The Bertz CT molecular complexity index is 358. The molecule has 1 fully saturated rings. The summed E-state index contributed by atoms with van der Waals surface area (Å²) in [6, 6.07) is 9.85. The van der Waals surface area contributed by atoms with E-state index < -0.39 is 0 Å². The number of nitrogens with two attached hydrogens (primary N) is 1. The van der Waals surface area contributed by atoms with Crippen molar-refractivity contribution >= 4 is 5.91 Å². The molecule has 0 aliphatic carbocycles. The van der Waals surface area contributed by atoms with Crippen molar-refractivity contribution in [1.82, 2.24) is 4.90 Å². The summed E-state index contributed by atoms with van der Waals surface area (Å²) in [5.74, 6) is 0.124. The van der Waals surface area contributed by atoms with Gasteiger partial charge in [0, 0.05) is 13.1 Å². The highest BCUT2D eigenvalue weighted by atomic mass is 16.2. The Hall–Kier alpha value is -1.35. The van der Waals surface area contributed by atoms with E-state index in [9.17, 15) is 4.79 Å². The molecule has 0 spiro atoms. The highest BCUT2D eigenvalue weighted by Gasteiger charge is 2.23. The number of rotatable bonds is 4.